The summed E-state index contributed by atoms with van der Waals surface area (Å²) >= 11 is 6.31. The van der Waals surface area contributed by atoms with E-state index in [-0.39, 0.29) is 41.3 Å². The number of benzene rings is 1. The molecule has 0 unspecified atom stereocenters. The van der Waals surface area contributed by atoms with E-state index in [0.717, 1.165) is 0 Å². The van der Waals surface area contributed by atoms with Crippen LogP contribution in [0.2, 0.25) is 5.02 Å². The second-order valence-electron chi connectivity index (χ2n) is 8.54. The number of Topliss-reactive ketones (excluding diaryl/α,β-unsaturated/α-hetero) is 1. The molecule has 1 N–H and O–H groups in total. The van der Waals surface area contributed by atoms with Gasteiger partial charge in [0.1, 0.15) is 17.4 Å². The van der Waals surface area contributed by atoms with Crippen LogP contribution in [0.4, 0.5) is 26.2 Å². The third-order valence-electron chi connectivity index (χ3n) is 5.91. The quantitative estimate of drug-likeness (QED) is 0.468. The molecule has 0 aliphatic carbocycles. The van der Waals surface area contributed by atoms with Crippen LogP contribution in [0.25, 0.3) is 10.9 Å². The molecule has 192 valence electrons. The lowest BCUT2D eigenvalue weighted by atomic mass is 10.1. The number of carbonyl (C=O) groups is 1. The molecule has 1 aliphatic rings. The molecule has 4 rings (SSSR count). The maximum atomic E-state index is 13.9. The van der Waals surface area contributed by atoms with Crippen LogP contribution in [0, 0.1) is 0 Å². The monoisotopic (exact) mass is 521 g/mol. The Bertz CT molecular complexity index is 1360. The second-order valence-corrected chi connectivity index (χ2v) is 8.95. The van der Waals surface area contributed by atoms with Crippen LogP contribution < -0.4 is 25.2 Å². The number of anilines is 3. The number of rotatable bonds is 8. The van der Waals surface area contributed by atoms with Gasteiger partial charge in [0.25, 0.3) is 11.5 Å². The van der Waals surface area contributed by atoms with Crippen molar-refractivity contribution in [3.8, 4) is 11.5 Å². The third-order valence-corrected chi connectivity index (χ3v) is 6.19. The highest BCUT2D eigenvalue weighted by Gasteiger charge is 2.36. The topological polar surface area (TPSA) is 98.6 Å². The number of fused-ring (bicyclic) bond motifs is 1. The van der Waals surface area contributed by atoms with E-state index in [1.807, 2.05) is 0 Å². The van der Waals surface area contributed by atoms with Gasteiger partial charge in [-0.2, -0.15) is 4.98 Å². The van der Waals surface area contributed by atoms with Gasteiger partial charge in [-0.15, -0.1) is 0 Å². The van der Waals surface area contributed by atoms with Crippen molar-refractivity contribution in [3.63, 3.8) is 0 Å². The van der Waals surface area contributed by atoms with Crippen molar-refractivity contribution in [2.45, 2.75) is 32.1 Å². The summed E-state index contributed by atoms with van der Waals surface area (Å²) < 4.78 is 40.2. The van der Waals surface area contributed by atoms with Gasteiger partial charge >= 0.3 is 0 Å². The van der Waals surface area contributed by atoms with Crippen LogP contribution in [0.5, 0.6) is 11.5 Å². The van der Waals surface area contributed by atoms with Gasteiger partial charge in [-0.1, -0.05) is 18.5 Å². The Balaban J connectivity index is 1.70. The number of methoxy groups -OCH3 is 1. The average molecular weight is 522 g/mol. The summed E-state index contributed by atoms with van der Waals surface area (Å²) in [5.74, 6) is -2.14. The van der Waals surface area contributed by atoms with Crippen molar-refractivity contribution >= 4 is 45.7 Å². The van der Waals surface area contributed by atoms with Crippen LogP contribution >= 0.6 is 11.6 Å². The number of hydrogen-bond donors (Lipinski definition) is 1. The Morgan fingerprint density at radius 1 is 1.28 bits per heavy atom. The third kappa shape index (κ3) is 5.35. The van der Waals surface area contributed by atoms with Crippen LogP contribution in [-0.4, -0.2) is 53.0 Å². The minimum Gasteiger partial charge on any atom is -0.494 e. The van der Waals surface area contributed by atoms with Crippen molar-refractivity contribution in [1.82, 2.24) is 14.5 Å². The number of alkyl halides is 2. The molecule has 36 heavy (non-hydrogen) atoms. The van der Waals surface area contributed by atoms with Crippen molar-refractivity contribution < 1.29 is 23.0 Å². The van der Waals surface area contributed by atoms with E-state index >= 15 is 0 Å². The first-order valence-electron chi connectivity index (χ1n) is 11.4. The van der Waals surface area contributed by atoms with Gasteiger partial charge < -0.3 is 24.3 Å². The molecule has 0 radical (unpaired) electrons. The molecule has 1 aromatic carbocycles. The van der Waals surface area contributed by atoms with Crippen LogP contribution in [-0.2, 0) is 11.8 Å². The fourth-order valence-electron chi connectivity index (χ4n) is 4.03. The van der Waals surface area contributed by atoms with E-state index in [2.05, 4.69) is 15.3 Å². The SMILES string of the molecule is CCC(=O)COc1cc2cc(Nc3nc(N4CCCC(F)(F)C4)ncc3Cl)cc(OC)c2n(C)c1=O. The Kier molecular flexibility index (Phi) is 7.30. The van der Waals surface area contributed by atoms with Crippen molar-refractivity contribution in [1.29, 1.82) is 0 Å². The smallest absolute Gasteiger partial charge is 0.293 e. The summed E-state index contributed by atoms with van der Waals surface area (Å²) in [6, 6.07) is 4.94. The highest BCUT2D eigenvalue weighted by atomic mass is 35.5. The minimum atomic E-state index is -2.81. The Hall–Kier alpha value is -3.47. The maximum absolute atomic E-state index is 13.9. The molecule has 0 amide bonds. The molecule has 3 heterocycles. The van der Waals surface area contributed by atoms with Gasteiger partial charge in [-0.05, 0) is 18.6 Å². The maximum Gasteiger partial charge on any atom is 0.293 e. The summed E-state index contributed by atoms with van der Waals surface area (Å²) in [7, 11) is 3.05. The van der Waals surface area contributed by atoms with Crippen LogP contribution in [0.1, 0.15) is 26.2 Å². The fraction of sp³-hybridized carbons (Fsp3) is 0.417. The molecule has 1 aliphatic heterocycles. The number of carbonyl (C=O) groups excluding carboxylic acids is 1. The molecule has 9 nitrogen and oxygen atoms in total. The number of ether oxygens (including phenoxy) is 2. The molecule has 0 saturated carbocycles. The number of aryl methyl sites for hydroxylation is 1. The zero-order valence-corrected chi connectivity index (χ0v) is 20.9. The van der Waals surface area contributed by atoms with E-state index < -0.39 is 18.0 Å². The molecule has 1 fully saturated rings. The lowest BCUT2D eigenvalue weighted by Gasteiger charge is -2.32. The van der Waals surface area contributed by atoms with Crippen LogP contribution in [0.3, 0.4) is 0 Å². The van der Waals surface area contributed by atoms with Gasteiger partial charge in [-0.25, -0.2) is 13.8 Å². The zero-order valence-electron chi connectivity index (χ0n) is 20.1. The molecule has 0 atom stereocenters. The number of piperidine rings is 1. The van der Waals surface area contributed by atoms with E-state index in [9.17, 15) is 18.4 Å². The first-order valence-corrected chi connectivity index (χ1v) is 11.8. The highest BCUT2D eigenvalue weighted by Crippen LogP contribution is 2.34. The summed E-state index contributed by atoms with van der Waals surface area (Å²) in [5, 5.41) is 3.89. The van der Waals surface area contributed by atoms with Crippen molar-refractivity contribution in [2.24, 2.45) is 7.05 Å². The van der Waals surface area contributed by atoms with Gasteiger partial charge in [0.15, 0.2) is 17.4 Å². The van der Waals surface area contributed by atoms with Crippen molar-refractivity contribution in [2.75, 3.05) is 37.0 Å². The largest absolute Gasteiger partial charge is 0.494 e. The number of halogens is 3. The lowest BCUT2D eigenvalue weighted by molar-refractivity contribution is -0.120. The normalized spacial score (nSPS) is 15.1. The van der Waals surface area contributed by atoms with E-state index in [4.69, 9.17) is 21.1 Å². The van der Waals surface area contributed by atoms with Gasteiger partial charge in [0, 0.05) is 43.6 Å². The van der Waals surface area contributed by atoms with Gasteiger partial charge in [-0.3, -0.25) is 9.59 Å². The Morgan fingerprint density at radius 2 is 2.06 bits per heavy atom. The summed E-state index contributed by atoms with van der Waals surface area (Å²) in [6.07, 6.45) is 1.82. The number of pyridine rings is 1. The molecule has 2 aromatic heterocycles. The number of hydrogen-bond acceptors (Lipinski definition) is 8. The standard InChI is InChI=1S/C24H26ClF2N5O4/c1-4-16(33)12-36-19-9-14-8-15(10-18(35-3)20(14)31(2)22(19)34)29-21-17(25)11-28-23(30-21)32-7-5-6-24(26,27)13-32/h8-11H,4-7,12-13H2,1-3H3,(H,28,29,30). The zero-order chi connectivity index (χ0) is 26.0. The van der Waals surface area contributed by atoms with E-state index in [0.29, 0.717) is 41.7 Å². The molecular weight excluding hydrogens is 496 g/mol. The fourth-order valence-corrected chi connectivity index (χ4v) is 4.17. The molecule has 3 aromatic rings. The van der Waals surface area contributed by atoms with E-state index in [1.54, 1.807) is 26.1 Å². The van der Waals surface area contributed by atoms with E-state index in [1.165, 1.54) is 28.8 Å². The number of aromatic nitrogens is 3. The number of nitrogens with one attached hydrogen (secondary N) is 1. The molecular formula is C24H26ClF2N5O4. The molecule has 0 bridgehead atoms. The van der Waals surface area contributed by atoms with Crippen LogP contribution in [0.15, 0.2) is 29.2 Å². The predicted octanol–water partition coefficient (Wildman–Crippen LogP) is 4.33. The first-order chi connectivity index (χ1) is 17.1. The molecule has 1 saturated heterocycles. The Labute approximate surface area is 211 Å². The van der Waals surface area contributed by atoms with Gasteiger partial charge in [0.05, 0.1) is 25.4 Å². The number of nitrogens with zero attached hydrogens (tertiary/aromatic N) is 4. The highest BCUT2D eigenvalue weighted by molar-refractivity contribution is 6.32. The van der Waals surface area contributed by atoms with Gasteiger partial charge in [0.2, 0.25) is 5.95 Å². The second kappa shape index (κ2) is 10.3. The summed E-state index contributed by atoms with van der Waals surface area (Å²) in [6.45, 7) is 1.46. The summed E-state index contributed by atoms with van der Waals surface area (Å²) in [5.41, 5.74) is 0.628. The minimum absolute atomic E-state index is 0.0272. The Morgan fingerprint density at radius 3 is 2.75 bits per heavy atom. The lowest BCUT2D eigenvalue weighted by Crippen LogP contribution is -2.43. The average Bonchev–Trinajstić information content (AvgIpc) is 2.85. The first kappa shape index (κ1) is 25.6. The summed E-state index contributed by atoms with van der Waals surface area (Å²) in [4.78, 5) is 34.4. The number of ketones is 1. The molecule has 12 heteroatoms. The molecule has 0 spiro atoms. The predicted molar refractivity (Wildman–Crippen MR) is 133 cm³/mol. The van der Waals surface area contributed by atoms with Crippen molar-refractivity contribution in [3.05, 3.63) is 39.8 Å².